The normalized spacial score (nSPS) is 10.7. The maximum Gasteiger partial charge on any atom is 0.269 e. The van der Waals surface area contributed by atoms with Crippen molar-refractivity contribution < 1.29 is 9.53 Å². The molecule has 1 amide bonds. The van der Waals surface area contributed by atoms with Crippen LogP contribution in [0.25, 0.3) is 0 Å². The molecule has 0 saturated heterocycles. The monoisotopic (exact) mass is 374 g/mol. The highest BCUT2D eigenvalue weighted by Crippen LogP contribution is 2.23. The number of rotatable bonds is 5. The zero-order chi connectivity index (χ0) is 18.0. The molecule has 2 heterocycles. The van der Waals surface area contributed by atoms with E-state index in [2.05, 4.69) is 27.4 Å². The molecule has 6 nitrogen and oxygen atoms in total. The van der Waals surface area contributed by atoms with Crippen molar-refractivity contribution in [2.75, 3.05) is 5.32 Å². The second kappa shape index (κ2) is 7.28. The maximum atomic E-state index is 12.4. The molecule has 1 aromatic carbocycles. The summed E-state index contributed by atoms with van der Waals surface area (Å²) in [6, 6.07) is 5.97. The summed E-state index contributed by atoms with van der Waals surface area (Å²) >= 11 is 2.67. The van der Waals surface area contributed by atoms with E-state index in [1.165, 1.54) is 33.8 Å². The van der Waals surface area contributed by atoms with E-state index in [0.29, 0.717) is 22.3 Å². The standard InChI is InChI=1S/C17H18N4O2S2/c1-9-5-6-13(7-10(9)2)23-8-14-18-11(3)15(25-14)16(22)19-17-21-20-12(4)24-17/h5-7H,8H2,1-4H3,(H,19,21,22). The third kappa shape index (κ3) is 4.21. The third-order valence-electron chi connectivity index (χ3n) is 3.63. The van der Waals surface area contributed by atoms with Gasteiger partial charge in [-0.25, -0.2) is 4.98 Å². The van der Waals surface area contributed by atoms with Gasteiger partial charge in [0.1, 0.15) is 27.2 Å². The first-order valence-electron chi connectivity index (χ1n) is 7.70. The lowest BCUT2D eigenvalue weighted by Crippen LogP contribution is -2.11. The molecule has 1 N–H and O–H groups in total. The van der Waals surface area contributed by atoms with E-state index in [0.717, 1.165) is 15.8 Å². The number of hydrogen-bond donors (Lipinski definition) is 1. The molecule has 0 fully saturated rings. The van der Waals surface area contributed by atoms with Crippen molar-refractivity contribution in [2.45, 2.75) is 34.3 Å². The van der Waals surface area contributed by atoms with Crippen LogP contribution in [-0.4, -0.2) is 21.1 Å². The molecule has 25 heavy (non-hydrogen) atoms. The number of amides is 1. The van der Waals surface area contributed by atoms with Crippen LogP contribution in [0.15, 0.2) is 18.2 Å². The van der Waals surface area contributed by atoms with Crippen molar-refractivity contribution in [1.82, 2.24) is 15.2 Å². The number of aromatic nitrogens is 3. The number of ether oxygens (including phenoxy) is 1. The van der Waals surface area contributed by atoms with Crippen LogP contribution in [0.1, 0.15) is 36.5 Å². The minimum Gasteiger partial charge on any atom is -0.486 e. The van der Waals surface area contributed by atoms with Crippen molar-refractivity contribution in [3.8, 4) is 5.75 Å². The minimum atomic E-state index is -0.219. The lowest BCUT2D eigenvalue weighted by atomic mass is 10.1. The average Bonchev–Trinajstić information content (AvgIpc) is 3.14. The van der Waals surface area contributed by atoms with Gasteiger partial charge in [-0.05, 0) is 51.0 Å². The van der Waals surface area contributed by atoms with Gasteiger partial charge in [-0.3, -0.25) is 10.1 Å². The molecule has 0 unspecified atom stereocenters. The molecule has 0 bridgehead atoms. The molecule has 3 aromatic rings. The first kappa shape index (κ1) is 17.5. The number of hydrogen-bond acceptors (Lipinski definition) is 7. The number of nitrogens with one attached hydrogen (secondary N) is 1. The topological polar surface area (TPSA) is 77.0 Å². The molecule has 2 aromatic heterocycles. The van der Waals surface area contributed by atoms with Crippen molar-refractivity contribution in [3.63, 3.8) is 0 Å². The molecular formula is C17H18N4O2S2. The van der Waals surface area contributed by atoms with E-state index in [1.54, 1.807) is 0 Å². The number of thiazole rings is 1. The summed E-state index contributed by atoms with van der Waals surface area (Å²) < 4.78 is 5.79. The van der Waals surface area contributed by atoms with E-state index >= 15 is 0 Å². The minimum absolute atomic E-state index is 0.219. The highest BCUT2D eigenvalue weighted by atomic mass is 32.1. The van der Waals surface area contributed by atoms with Gasteiger partial charge in [0.2, 0.25) is 5.13 Å². The molecule has 0 aliphatic rings. The number of anilines is 1. The Bertz CT molecular complexity index is 917. The van der Waals surface area contributed by atoms with E-state index < -0.39 is 0 Å². The van der Waals surface area contributed by atoms with Crippen LogP contribution >= 0.6 is 22.7 Å². The van der Waals surface area contributed by atoms with Crippen molar-refractivity contribution in [2.24, 2.45) is 0 Å². The van der Waals surface area contributed by atoms with Gasteiger partial charge in [-0.15, -0.1) is 21.5 Å². The fraction of sp³-hybridized carbons (Fsp3) is 0.294. The molecule has 0 radical (unpaired) electrons. The Morgan fingerprint density at radius 3 is 2.60 bits per heavy atom. The van der Waals surface area contributed by atoms with E-state index in [9.17, 15) is 4.79 Å². The number of carbonyl (C=O) groups excluding carboxylic acids is 1. The zero-order valence-electron chi connectivity index (χ0n) is 14.4. The lowest BCUT2D eigenvalue weighted by molar-refractivity contribution is 0.102. The fourth-order valence-corrected chi connectivity index (χ4v) is 3.63. The average molecular weight is 374 g/mol. The summed E-state index contributed by atoms with van der Waals surface area (Å²) in [6.45, 7) is 8.10. The summed E-state index contributed by atoms with van der Waals surface area (Å²) in [5.41, 5.74) is 3.09. The van der Waals surface area contributed by atoms with Crippen LogP contribution in [0.5, 0.6) is 5.75 Å². The molecule has 130 valence electrons. The second-order valence-corrected chi connectivity index (χ2v) is 7.90. The smallest absolute Gasteiger partial charge is 0.269 e. The maximum absolute atomic E-state index is 12.4. The van der Waals surface area contributed by atoms with Gasteiger partial charge in [0, 0.05) is 0 Å². The van der Waals surface area contributed by atoms with Crippen LogP contribution < -0.4 is 10.1 Å². The summed E-state index contributed by atoms with van der Waals surface area (Å²) in [7, 11) is 0. The third-order valence-corrected chi connectivity index (χ3v) is 5.52. The largest absolute Gasteiger partial charge is 0.486 e. The Morgan fingerprint density at radius 2 is 1.92 bits per heavy atom. The van der Waals surface area contributed by atoms with Gasteiger partial charge in [-0.2, -0.15) is 0 Å². The zero-order valence-corrected chi connectivity index (χ0v) is 16.0. The first-order chi connectivity index (χ1) is 11.9. The predicted molar refractivity (Wildman–Crippen MR) is 99.7 cm³/mol. The molecule has 3 rings (SSSR count). The van der Waals surface area contributed by atoms with Crippen molar-refractivity contribution >= 4 is 33.7 Å². The quantitative estimate of drug-likeness (QED) is 0.729. The van der Waals surface area contributed by atoms with E-state index in [4.69, 9.17) is 4.74 Å². The van der Waals surface area contributed by atoms with Crippen LogP contribution in [0.3, 0.4) is 0 Å². The molecular weight excluding hydrogens is 356 g/mol. The van der Waals surface area contributed by atoms with Gasteiger partial charge in [0.25, 0.3) is 5.91 Å². The number of nitrogens with zero attached hydrogens (tertiary/aromatic N) is 3. The van der Waals surface area contributed by atoms with Crippen molar-refractivity contribution in [1.29, 1.82) is 0 Å². The number of benzene rings is 1. The van der Waals surface area contributed by atoms with E-state index in [1.807, 2.05) is 39.0 Å². The molecule has 0 aliphatic carbocycles. The van der Waals surface area contributed by atoms with Gasteiger partial charge < -0.3 is 4.74 Å². The molecule has 0 saturated carbocycles. The summed E-state index contributed by atoms with van der Waals surface area (Å²) in [5.74, 6) is 0.579. The fourth-order valence-electron chi connectivity index (χ4n) is 2.17. The van der Waals surface area contributed by atoms with Gasteiger partial charge in [-0.1, -0.05) is 17.4 Å². The summed E-state index contributed by atoms with van der Waals surface area (Å²) in [4.78, 5) is 17.4. The highest BCUT2D eigenvalue weighted by molar-refractivity contribution is 7.16. The summed E-state index contributed by atoms with van der Waals surface area (Å²) in [5, 5.41) is 12.6. The lowest BCUT2D eigenvalue weighted by Gasteiger charge is -2.06. The van der Waals surface area contributed by atoms with Crippen molar-refractivity contribution in [3.05, 3.63) is 49.9 Å². The molecule has 0 spiro atoms. The van der Waals surface area contributed by atoms with Crippen LogP contribution in [0.4, 0.5) is 5.13 Å². The Morgan fingerprint density at radius 1 is 1.12 bits per heavy atom. The number of carbonyl (C=O) groups is 1. The van der Waals surface area contributed by atoms with Gasteiger partial charge in [0.05, 0.1) is 5.69 Å². The Hall–Kier alpha value is -2.32. The first-order valence-corrected chi connectivity index (χ1v) is 9.33. The summed E-state index contributed by atoms with van der Waals surface area (Å²) in [6.07, 6.45) is 0. The number of aryl methyl sites for hydroxylation is 4. The predicted octanol–water partition coefficient (Wildman–Crippen LogP) is 4.06. The molecule has 8 heteroatoms. The van der Waals surface area contributed by atoms with Crippen LogP contribution in [0, 0.1) is 27.7 Å². The SMILES string of the molecule is Cc1nnc(NC(=O)c2sc(COc3ccc(C)c(C)c3)nc2C)s1. The second-order valence-electron chi connectivity index (χ2n) is 5.64. The molecule has 0 atom stereocenters. The Balaban J connectivity index is 1.67. The Kier molecular flexibility index (Phi) is 5.10. The highest BCUT2D eigenvalue weighted by Gasteiger charge is 2.17. The van der Waals surface area contributed by atoms with Gasteiger partial charge in [0.15, 0.2) is 0 Å². The Labute approximate surface area is 153 Å². The van der Waals surface area contributed by atoms with E-state index in [-0.39, 0.29) is 5.91 Å². The molecule has 0 aliphatic heterocycles. The van der Waals surface area contributed by atoms with Crippen LogP contribution in [-0.2, 0) is 6.61 Å². The van der Waals surface area contributed by atoms with Gasteiger partial charge >= 0.3 is 0 Å². The van der Waals surface area contributed by atoms with Crippen LogP contribution in [0.2, 0.25) is 0 Å².